The van der Waals surface area contributed by atoms with E-state index in [2.05, 4.69) is 43.4 Å². The van der Waals surface area contributed by atoms with Crippen molar-refractivity contribution in [1.82, 2.24) is 29.9 Å². The Morgan fingerprint density at radius 1 is 1.23 bits per heavy atom. The Labute approximate surface area is 154 Å². The SMILES string of the molecule is CN1CCN(c2ncc(-c3cccs3)n3nnnc23)CC1.CS(=O)(=O)O. The molecule has 10 nitrogen and oxygen atoms in total. The third-order valence-electron chi connectivity index (χ3n) is 3.78. The zero-order chi connectivity index (χ0) is 18.7. The van der Waals surface area contributed by atoms with Gasteiger partial charge in [0, 0.05) is 26.2 Å². The molecule has 3 aromatic heterocycles. The third-order valence-corrected chi connectivity index (χ3v) is 4.68. The van der Waals surface area contributed by atoms with Gasteiger partial charge in [-0.2, -0.15) is 12.9 Å². The van der Waals surface area contributed by atoms with E-state index in [-0.39, 0.29) is 0 Å². The highest BCUT2D eigenvalue weighted by Crippen LogP contribution is 2.27. The topological polar surface area (TPSA) is 117 Å². The van der Waals surface area contributed by atoms with E-state index < -0.39 is 10.1 Å². The summed E-state index contributed by atoms with van der Waals surface area (Å²) in [5.74, 6) is 0.869. The molecule has 0 bridgehead atoms. The lowest BCUT2D eigenvalue weighted by Gasteiger charge is -2.33. The van der Waals surface area contributed by atoms with Crippen LogP contribution in [-0.2, 0) is 10.1 Å². The molecule has 0 saturated carbocycles. The summed E-state index contributed by atoms with van der Waals surface area (Å²) in [7, 11) is -1.53. The standard InChI is InChI=1S/C13H15N7S.CH4O3S/c1-18-4-6-19(7-5-18)12-13-15-16-17-20(13)10(9-14-12)11-3-2-8-21-11;1-5(2,3)4/h2-3,8-9H,4-7H2,1H3;1H3,(H,2,3,4). The zero-order valence-corrected chi connectivity index (χ0v) is 16.0. The van der Waals surface area contributed by atoms with E-state index in [0.29, 0.717) is 6.26 Å². The normalized spacial score (nSPS) is 15.7. The molecule has 0 amide bonds. The van der Waals surface area contributed by atoms with Crippen molar-refractivity contribution in [2.75, 3.05) is 44.4 Å². The van der Waals surface area contributed by atoms with Crippen LogP contribution in [0.2, 0.25) is 0 Å². The molecule has 0 unspecified atom stereocenters. The summed E-state index contributed by atoms with van der Waals surface area (Å²) in [6.45, 7) is 3.96. The van der Waals surface area contributed by atoms with Crippen molar-refractivity contribution >= 4 is 32.9 Å². The fourth-order valence-corrected chi connectivity index (χ4v) is 3.28. The van der Waals surface area contributed by atoms with Crippen LogP contribution < -0.4 is 4.90 Å². The van der Waals surface area contributed by atoms with Gasteiger partial charge < -0.3 is 9.80 Å². The average Bonchev–Trinajstić information content (AvgIpc) is 3.25. The van der Waals surface area contributed by atoms with Gasteiger partial charge in [-0.25, -0.2) is 4.98 Å². The Bertz CT molecular complexity index is 956. The van der Waals surface area contributed by atoms with Crippen molar-refractivity contribution in [3.8, 4) is 10.6 Å². The summed E-state index contributed by atoms with van der Waals surface area (Å²) in [6.07, 6.45) is 2.58. The minimum absolute atomic E-state index is 0.715. The molecule has 1 saturated heterocycles. The monoisotopic (exact) mass is 397 g/mol. The minimum Gasteiger partial charge on any atom is -0.351 e. The molecule has 26 heavy (non-hydrogen) atoms. The number of hydrogen-bond acceptors (Lipinski definition) is 9. The number of piperazine rings is 1. The molecule has 4 heterocycles. The largest absolute Gasteiger partial charge is 0.351 e. The first-order valence-electron chi connectivity index (χ1n) is 7.80. The lowest BCUT2D eigenvalue weighted by Crippen LogP contribution is -2.45. The molecular formula is C14H19N7O3S2. The molecule has 1 aliphatic heterocycles. The fourth-order valence-electron chi connectivity index (χ4n) is 2.56. The minimum atomic E-state index is -3.67. The van der Waals surface area contributed by atoms with E-state index in [1.807, 2.05) is 17.6 Å². The van der Waals surface area contributed by atoms with Gasteiger partial charge in [0.25, 0.3) is 10.1 Å². The van der Waals surface area contributed by atoms with Gasteiger partial charge in [0.15, 0.2) is 5.82 Å². The second-order valence-corrected chi connectivity index (χ2v) is 8.30. The van der Waals surface area contributed by atoms with Gasteiger partial charge in [0.05, 0.1) is 17.3 Å². The first-order valence-corrected chi connectivity index (χ1v) is 10.5. The van der Waals surface area contributed by atoms with Crippen molar-refractivity contribution in [3.63, 3.8) is 0 Å². The zero-order valence-electron chi connectivity index (χ0n) is 14.3. The number of fused-ring (bicyclic) bond motifs is 1. The van der Waals surface area contributed by atoms with Crippen LogP contribution in [0.1, 0.15) is 0 Å². The lowest BCUT2D eigenvalue weighted by atomic mass is 10.3. The second-order valence-electron chi connectivity index (χ2n) is 5.88. The molecule has 0 spiro atoms. The summed E-state index contributed by atoms with van der Waals surface area (Å²) in [5.41, 5.74) is 1.66. The number of aromatic nitrogens is 5. The van der Waals surface area contributed by atoms with Gasteiger partial charge in [-0.3, -0.25) is 4.55 Å². The van der Waals surface area contributed by atoms with Gasteiger partial charge in [0.2, 0.25) is 5.65 Å². The van der Waals surface area contributed by atoms with Crippen LogP contribution in [-0.4, -0.2) is 82.4 Å². The Hall–Kier alpha value is -2.15. The molecule has 1 fully saturated rings. The maximum atomic E-state index is 9.19. The summed E-state index contributed by atoms with van der Waals surface area (Å²) < 4.78 is 27.7. The van der Waals surface area contributed by atoms with Crippen LogP contribution in [0.3, 0.4) is 0 Å². The number of hydrogen-bond donors (Lipinski definition) is 1. The highest BCUT2D eigenvalue weighted by molar-refractivity contribution is 7.85. The third kappa shape index (κ3) is 4.52. The molecule has 1 aliphatic rings. The molecule has 1 N–H and O–H groups in total. The predicted octanol–water partition coefficient (Wildman–Crippen LogP) is 0.504. The predicted molar refractivity (Wildman–Crippen MR) is 99.1 cm³/mol. The van der Waals surface area contributed by atoms with Crippen LogP contribution in [0.25, 0.3) is 16.2 Å². The van der Waals surface area contributed by atoms with Crippen LogP contribution >= 0.6 is 11.3 Å². The summed E-state index contributed by atoms with van der Waals surface area (Å²) in [4.78, 5) is 10.3. The number of tetrazole rings is 1. The molecular weight excluding hydrogens is 378 g/mol. The van der Waals surface area contributed by atoms with Gasteiger partial charge in [0.1, 0.15) is 5.69 Å². The molecule has 0 radical (unpaired) electrons. The summed E-state index contributed by atoms with van der Waals surface area (Å²) >= 11 is 1.66. The molecule has 0 aliphatic carbocycles. The number of nitrogens with zero attached hydrogens (tertiary/aromatic N) is 7. The maximum Gasteiger partial charge on any atom is 0.261 e. The molecule has 3 aromatic rings. The molecule has 0 aromatic carbocycles. The van der Waals surface area contributed by atoms with E-state index in [0.717, 1.165) is 48.2 Å². The molecule has 140 valence electrons. The number of likely N-dealkylation sites (N-methyl/N-ethyl adjacent to an activating group) is 1. The Balaban J connectivity index is 0.000000349. The van der Waals surface area contributed by atoms with Crippen molar-refractivity contribution in [1.29, 1.82) is 0 Å². The second kappa shape index (κ2) is 7.61. The molecule has 12 heteroatoms. The van der Waals surface area contributed by atoms with E-state index in [1.54, 1.807) is 15.9 Å². The highest BCUT2D eigenvalue weighted by Gasteiger charge is 2.21. The van der Waals surface area contributed by atoms with Crippen LogP contribution in [0.4, 0.5) is 5.82 Å². The van der Waals surface area contributed by atoms with Gasteiger partial charge in [-0.15, -0.1) is 16.4 Å². The van der Waals surface area contributed by atoms with Crippen molar-refractivity contribution in [2.24, 2.45) is 0 Å². The van der Waals surface area contributed by atoms with Crippen molar-refractivity contribution in [2.45, 2.75) is 0 Å². The Kier molecular flexibility index (Phi) is 5.46. The Morgan fingerprint density at radius 3 is 2.54 bits per heavy atom. The first kappa shape index (κ1) is 18.6. The van der Waals surface area contributed by atoms with Crippen molar-refractivity contribution < 1.29 is 13.0 Å². The van der Waals surface area contributed by atoms with E-state index in [1.165, 1.54) is 0 Å². The van der Waals surface area contributed by atoms with Crippen LogP contribution in [0.15, 0.2) is 23.7 Å². The number of anilines is 1. The molecule has 4 rings (SSSR count). The first-order chi connectivity index (χ1) is 12.3. The van der Waals surface area contributed by atoms with E-state index in [4.69, 9.17) is 4.55 Å². The maximum absolute atomic E-state index is 9.19. The lowest BCUT2D eigenvalue weighted by molar-refractivity contribution is 0.312. The number of thiophene rings is 1. The Morgan fingerprint density at radius 2 is 1.92 bits per heavy atom. The van der Waals surface area contributed by atoms with Crippen LogP contribution in [0.5, 0.6) is 0 Å². The van der Waals surface area contributed by atoms with Crippen LogP contribution in [0, 0.1) is 0 Å². The quantitative estimate of drug-likeness (QED) is 0.617. The average molecular weight is 397 g/mol. The van der Waals surface area contributed by atoms with Crippen molar-refractivity contribution in [3.05, 3.63) is 23.7 Å². The van der Waals surface area contributed by atoms with Gasteiger partial charge >= 0.3 is 0 Å². The van der Waals surface area contributed by atoms with E-state index in [9.17, 15) is 8.42 Å². The highest BCUT2D eigenvalue weighted by atomic mass is 32.2. The summed E-state index contributed by atoms with van der Waals surface area (Å²) in [6, 6.07) is 4.07. The van der Waals surface area contributed by atoms with E-state index >= 15 is 0 Å². The van der Waals surface area contributed by atoms with Gasteiger partial charge in [-0.05, 0) is 28.9 Å². The summed E-state index contributed by atoms with van der Waals surface area (Å²) in [5, 5.41) is 14.2. The molecule has 0 atom stereocenters. The smallest absolute Gasteiger partial charge is 0.261 e. The van der Waals surface area contributed by atoms with Gasteiger partial charge in [-0.1, -0.05) is 6.07 Å². The fraction of sp³-hybridized carbons (Fsp3) is 0.429. The number of rotatable bonds is 2.